The molecule has 2 rings (SSSR count). The largest absolute Gasteiger partial charge is 0.493 e. The van der Waals surface area contributed by atoms with Crippen molar-refractivity contribution in [1.82, 2.24) is 0 Å². The van der Waals surface area contributed by atoms with Crippen molar-refractivity contribution in [3.05, 3.63) is 23.3 Å². The normalized spacial score (nSPS) is 16.4. The van der Waals surface area contributed by atoms with Gasteiger partial charge in [0.15, 0.2) is 11.5 Å². The van der Waals surface area contributed by atoms with E-state index in [1.807, 2.05) is 19.1 Å². The summed E-state index contributed by atoms with van der Waals surface area (Å²) < 4.78 is 10.6. The SMILES string of the molecule is COc1cc(C)c(C2(N=C=O)CCC2)cc1OC. The lowest BCUT2D eigenvalue weighted by atomic mass is 9.71. The van der Waals surface area contributed by atoms with E-state index in [9.17, 15) is 4.79 Å². The number of benzene rings is 1. The number of aliphatic imine (C=N–C) groups is 1. The van der Waals surface area contributed by atoms with Crippen LogP contribution in [0.1, 0.15) is 30.4 Å². The Morgan fingerprint density at radius 1 is 1.22 bits per heavy atom. The second-order valence-corrected chi connectivity index (χ2v) is 4.61. The van der Waals surface area contributed by atoms with Gasteiger partial charge in [-0.05, 0) is 49.4 Å². The maximum Gasteiger partial charge on any atom is 0.235 e. The summed E-state index contributed by atoms with van der Waals surface area (Å²) in [6, 6.07) is 3.85. The number of nitrogens with zero attached hydrogens (tertiary/aromatic N) is 1. The zero-order chi connectivity index (χ0) is 13.2. The van der Waals surface area contributed by atoms with E-state index in [1.165, 1.54) is 0 Å². The van der Waals surface area contributed by atoms with Gasteiger partial charge in [-0.1, -0.05) is 0 Å². The molecule has 0 saturated heterocycles. The van der Waals surface area contributed by atoms with Crippen molar-refractivity contribution in [3.8, 4) is 11.5 Å². The average Bonchev–Trinajstić information content (AvgIpc) is 2.34. The average molecular weight is 247 g/mol. The molecule has 0 amide bonds. The van der Waals surface area contributed by atoms with Gasteiger partial charge in [0.2, 0.25) is 6.08 Å². The zero-order valence-corrected chi connectivity index (χ0v) is 10.9. The molecule has 1 aliphatic rings. The fraction of sp³-hybridized carbons (Fsp3) is 0.500. The molecule has 1 saturated carbocycles. The summed E-state index contributed by atoms with van der Waals surface area (Å²) in [4.78, 5) is 14.6. The predicted octanol–water partition coefficient (Wildman–Crippen LogP) is 2.73. The van der Waals surface area contributed by atoms with Gasteiger partial charge in [-0.2, -0.15) is 4.99 Å². The van der Waals surface area contributed by atoms with Crippen LogP contribution < -0.4 is 9.47 Å². The summed E-state index contributed by atoms with van der Waals surface area (Å²) in [5.41, 5.74) is 1.70. The number of ether oxygens (including phenoxy) is 2. The number of methoxy groups -OCH3 is 2. The fourth-order valence-electron chi connectivity index (χ4n) is 2.52. The first-order valence-electron chi connectivity index (χ1n) is 5.99. The molecule has 0 N–H and O–H groups in total. The van der Waals surface area contributed by atoms with Crippen LogP contribution in [0.4, 0.5) is 0 Å². The summed E-state index contributed by atoms with van der Waals surface area (Å²) in [5.74, 6) is 1.37. The highest BCUT2D eigenvalue weighted by Crippen LogP contribution is 2.48. The molecule has 1 aromatic rings. The zero-order valence-electron chi connectivity index (χ0n) is 10.9. The van der Waals surface area contributed by atoms with Gasteiger partial charge >= 0.3 is 0 Å². The second kappa shape index (κ2) is 4.83. The third kappa shape index (κ3) is 1.89. The van der Waals surface area contributed by atoms with Crippen molar-refractivity contribution in [3.63, 3.8) is 0 Å². The van der Waals surface area contributed by atoms with E-state index in [4.69, 9.17) is 9.47 Å². The number of rotatable bonds is 4. The molecule has 0 aliphatic heterocycles. The Hall–Kier alpha value is -1.80. The molecule has 0 aromatic heterocycles. The smallest absolute Gasteiger partial charge is 0.235 e. The van der Waals surface area contributed by atoms with E-state index >= 15 is 0 Å². The summed E-state index contributed by atoms with van der Waals surface area (Å²) in [5, 5.41) is 0. The predicted molar refractivity (Wildman–Crippen MR) is 67.9 cm³/mol. The molecule has 1 aliphatic carbocycles. The van der Waals surface area contributed by atoms with Crippen molar-refractivity contribution >= 4 is 6.08 Å². The van der Waals surface area contributed by atoms with Crippen LogP contribution in [-0.2, 0) is 10.3 Å². The van der Waals surface area contributed by atoms with Gasteiger partial charge in [0, 0.05) is 0 Å². The lowest BCUT2D eigenvalue weighted by molar-refractivity contribution is 0.253. The van der Waals surface area contributed by atoms with Crippen LogP contribution in [-0.4, -0.2) is 20.3 Å². The van der Waals surface area contributed by atoms with Crippen LogP contribution in [0.25, 0.3) is 0 Å². The molecule has 0 spiro atoms. The molecule has 0 heterocycles. The molecule has 1 aromatic carbocycles. The maximum absolute atomic E-state index is 10.6. The van der Waals surface area contributed by atoms with Crippen LogP contribution in [0.15, 0.2) is 17.1 Å². The van der Waals surface area contributed by atoms with Gasteiger partial charge in [0.1, 0.15) is 0 Å². The minimum atomic E-state index is -0.397. The van der Waals surface area contributed by atoms with Gasteiger partial charge in [0.05, 0.1) is 19.8 Å². The first kappa shape index (κ1) is 12.7. The van der Waals surface area contributed by atoms with Crippen molar-refractivity contribution in [1.29, 1.82) is 0 Å². The number of hydrogen-bond donors (Lipinski definition) is 0. The fourth-order valence-corrected chi connectivity index (χ4v) is 2.52. The Morgan fingerprint density at radius 2 is 1.83 bits per heavy atom. The van der Waals surface area contributed by atoms with Crippen molar-refractivity contribution < 1.29 is 14.3 Å². The van der Waals surface area contributed by atoms with E-state index in [0.717, 1.165) is 30.4 Å². The first-order chi connectivity index (χ1) is 8.66. The van der Waals surface area contributed by atoms with Crippen LogP contribution in [0.5, 0.6) is 11.5 Å². The first-order valence-corrected chi connectivity index (χ1v) is 5.99. The molecule has 96 valence electrons. The monoisotopic (exact) mass is 247 g/mol. The van der Waals surface area contributed by atoms with E-state index in [-0.39, 0.29) is 0 Å². The van der Waals surface area contributed by atoms with Gasteiger partial charge in [-0.3, -0.25) is 0 Å². The topological polar surface area (TPSA) is 47.9 Å². The molecule has 1 fully saturated rings. The third-order valence-electron chi connectivity index (χ3n) is 3.67. The molecular formula is C14H17NO3. The van der Waals surface area contributed by atoms with E-state index < -0.39 is 5.54 Å². The number of isocyanates is 1. The highest BCUT2D eigenvalue weighted by atomic mass is 16.5. The highest BCUT2D eigenvalue weighted by Gasteiger charge is 2.40. The second-order valence-electron chi connectivity index (χ2n) is 4.61. The van der Waals surface area contributed by atoms with Gasteiger partial charge in [-0.25, -0.2) is 4.79 Å². The molecule has 0 radical (unpaired) electrons. The summed E-state index contributed by atoms with van der Waals surface area (Å²) in [6.07, 6.45) is 4.56. The van der Waals surface area contributed by atoms with Crippen molar-refractivity contribution in [2.45, 2.75) is 31.7 Å². The van der Waals surface area contributed by atoms with Gasteiger partial charge in [-0.15, -0.1) is 0 Å². The lowest BCUT2D eigenvalue weighted by Crippen LogP contribution is -2.32. The van der Waals surface area contributed by atoms with E-state index in [1.54, 1.807) is 20.3 Å². The van der Waals surface area contributed by atoms with Gasteiger partial charge in [0.25, 0.3) is 0 Å². The standard InChI is InChI=1S/C14H17NO3/c1-10-7-12(17-2)13(18-3)8-11(10)14(15-9-16)5-4-6-14/h7-8H,4-6H2,1-3H3. The van der Waals surface area contributed by atoms with Crippen LogP contribution >= 0.6 is 0 Å². The Bertz CT molecular complexity index is 500. The Balaban J connectivity index is 2.53. The van der Waals surface area contributed by atoms with Crippen molar-refractivity contribution in [2.75, 3.05) is 14.2 Å². The Morgan fingerprint density at radius 3 is 2.28 bits per heavy atom. The molecule has 0 atom stereocenters. The molecule has 4 nitrogen and oxygen atoms in total. The highest BCUT2D eigenvalue weighted by molar-refractivity contribution is 5.51. The van der Waals surface area contributed by atoms with Crippen LogP contribution in [0.2, 0.25) is 0 Å². The summed E-state index contributed by atoms with van der Waals surface area (Å²) in [6.45, 7) is 2.00. The number of aryl methyl sites for hydroxylation is 1. The molecule has 4 heteroatoms. The maximum atomic E-state index is 10.6. The Labute approximate surface area is 107 Å². The summed E-state index contributed by atoms with van der Waals surface area (Å²) in [7, 11) is 3.22. The number of hydrogen-bond acceptors (Lipinski definition) is 4. The molecule has 0 unspecified atom stereocenters. The van der Waals surface area contributed by atoms with Gasteiger partial charge < -0.3 is 9.47 Å². The third-order valence-corrected chi connectivity index (χ3v) is 3.67. The van der Waals surface area contributed by atoms with E-state index in [0.29, 0.717) is 11.5 Å². The van der Waals surface area contributed by atoms with Crippen LogP contribution in [0, 0.1) is 6.92 Å². The lowest BCUT2D eigenvalue weighted by Gasteiger charge is -2.38. The minimum absolute atomic E-state index is 0.397. The molecule has 0 bridgehead atoms. The number of carbonyl (C=O) groups excluding carboxylic acids is 1. The quantitative estimate of drug-likeness (QED) is 0.607. The van der Waals surface area contributed by atoms with Crippen molar-refractivity contribution in [2.24, 2.45) is 4.99 Å². The molecule has 18 heavy (non-hydrogen) atoms. The Kier molecular flexibility index (Phi) is 3.39. The minimum Gasteiger partial charge on any atom is -0.493 e. The van der Waals surface area contributed by atoms with E-state index in [2.05, 4.69) is 4.99 Å². The summed E-state index contributed by atoms with van der Waals surface area (Å²) >= 11 is 0. The molecular weight excluding hydrogens is 230 g/mol. The van der Waals surface area contributed by atoms with Crippen LogP contribution in [0.3, 0.4) is 0 Å².